The predicted octanol–water partition coefficient (Wildman–Crippen LogP) is 4.80. The summed E-state index contributed by atoms with van der Waals surface area (Å²) in [6, 6.07) is 10.8. The van der Waals surface area contributed by atoms with Crippen molar-refractivity contribution in [2.45, 2.75) is 52.6 Å². The highest BCUT2D eigenvalue weighted by atomic mass is 19.1. The number of nitrogens with zero attached hydrogens (tertiary/aromatic N) is 6. The van der Waals surface area contributed by atoms with E-state index in [4.69, 9.17) is 9.73 Å². The van der Waals surface area contributed by atoms with Crippen LogP contribution in [0, 0.1) is 29.0 Å². The molecular formula is C36H50FN7O2. The molecule has 1 aromatic heterocycles. The maximum absolute atomic E-state index is 14.5. The molecule has 3 aromatic rings. The summed E-state index contributed by atoms with van der Waals surface area (Å²) in [5.41, 5.74) is 2.32. The van der Waals surface area contributed by atoms with Gasteiger partial charge in [-0.25, -0.2) is 14.4 Å². The molecular weight excluding hydrogens is 581 g/mol. The van der Waals surface area contributed by atoms with Gasteiger partial charge in [-0.15, -0.1) is 0 Å². The summed E-state index contributed by atoms with van der Waals surface area (Å²) in [4.78, 5) is 30.6. The zero-order valence-corrected chi connectivity index (χ0v) is 28.3. The first-order valence-electron chi connectivity index (χ1n) is 16.8. The van der Waals surface area contributed by atoms with Gasteiger partial charge in [-0.3, -0.25) is 14.3 Å². The van der Waals surface area contributed by atoms with Crippen LogP contribution >= 0.6 is 0 Å². The number of piperazine rings is 1. The summed E-state index contributed by atoms with van der Waals surface area (Å²) in [7, 11) is 5.76. The van der Waals surface area contributed by atoms with Crippen LogP contribution in [0.15, 0.2) is 52.5 Å². The predicted molar refractivity (Wildman–Crippen MR) is 183 cm³/mol. The van der Waals surface area contributed by atoms with E-state index in [1.807, 2.05) is 18.2 Å². The quantitative estimate of drug-likeness (QED) is 0.269. The van der Waals surface area contributed by atoms with E-state index in [0.29, 0.717) is 52.6 Å². The third-order valence-electron chi connectivity index (χ3n) is 11.1. The minimum atomic E-state index is -0.340. The highest BCUT2D eigenvalue weighted by Gasteiger charge is 2.56. The Hall–Kier alpha value is -3.50. The number of ether oxygens (including phenoxy) is 1. The number of guanidine groups is 1. The van der Waals surface area contributed by atoms with E-state index >= 15 is 0 Å². The molecule has 9 nitrogen and oxygen atoms in total. The topological polar surface area (TPSA) is 78.2 Å². The number of nitrogens with one attached hydrogen (secondary N) is 1. The minimum Gasteiger partial charge on any atom is -0.497 e. The first-order chi connectivity index (χ1) is 22.0. The number of fused-ring (bicyclic) bond motifs is 3. The van der Waals surface area contributed by atoms with Crippen LogP contribution in [0.1, 0.15) is 39.2 Å². The van der Waals surface area contributed by atoms with E-state index in [9.17, 15) is 9.18 Å². The van der Waals surface area contributed by atoms with Gasteiger partial charge in [-0.2, -0.15) is 0 Å². The summed E-state index contributed by atoms with van der Waals surface area (Å²) in [5.74, 6) is 3.06. The average molecular weight is 632 g/mol. The molecule has 248 valence electrons. The number of aryl methyl sites for hydroxylation is 2. The smallest absolute Gasteiger partial charge is 0.261 e. The van der Waals surface area contributed by atoms with Crippen molar-refractivity contribution in [2.75, 3.05) is 65.8 Å². The van der Waals surface area contributed by atoms with Gasteiger partial charge in [-0.05, 0) is 86.4 Å². The van der Waals surface area contributed by atoms with E-state index in [0.717, 1.165) is 69.2 Å². The lowest BCUT2D eigenvalue weighted by Crippen LogP contribution is -2.57. The molecule has 2 aromatic carbocycles. The fourth-order valence-electron chi connectivity index (χ4n) is 7.79. The molecule has 4 aliphatic rings. The molecule has 2 bridgehead atoms. The van der Waals surface area contributed by atoms with Gasteiger partial charge in [0.25, 0.3) is 5.56 Å². The summed E-state index contributed by atoms with van der Waals surface area (Å²) in [6.07, 6.45) is 4.41. The summed E-state index contributed by atoms with van der Waals surface area (Å²) in [6.45, 7) is 13.6. The average Bonchev–Trinajstić information content (AvgIpc) is 3.04. The number of aliphatic imine (C=N–C) groups is 1. The molecule has 10 heteroatoms. The Labute approximate surface area is 272 Å². The van der Waals surface area contributed by atoms with Crippen molar-refractivity contribution in [1.82, 2.24) is 24.3 Å². The Morgan fingerprint density at radius 3 is 2.57 bits per heavy atom. The van der Waals surface area contributed by atoms with Crippen molar-refractivity contribution in [3.8, 4) is 5.75 Å². The fraction of sp³-hybridized carbons (Fsp3) is 0.583. The lowest BCUT2D eigenvalue weighted by atomic mass is 9.45. The first kappa shape index (κ1) is 32.4. The maximum Gasteiger partial charge on any atom is 0.261 e. The van der Waals surface area contributed by atoms with Crippen molar-refractivity contribution in [1.29, 1.82) is 0 Å². The Morgan fingerprint density at radius 2 is 1.89 bits per heavy atom. The summed E-state index contributed by atoms with van der Waals surface area (Å²) in [5, 5.41) is 4.21. The largest absolute Gasteiger partial charge is 0.497 e. The van der Waals surface area contributed by atoms with Crippen molar-refractivity contribution < 1.29 is 9.13 Å². The highest BCUT2D eigenvalue weighted by Crippen LogP contribution is 2.61. The Morgan fingerprint density at radius 1 is 1.11 bits per heavy atom. The number of rotatable bonds is 9. The molecule has 2 heterocycles. The second-order valence-corrected chi connectivity index (χ2v) is 14.4. The normalized spacial score (nSPS) is 24.7. The number of methoxy groups -OCH3 is 1. The molecule has 7 rings (SSSR count). The van der Waals surface area contributed by atoms with Gasteiger partial charge in [0, 0.05) is 57.6 Å². The fourth-order valence-corrected chi connectivity index (χ4v) is 7.79. The third-order valence-corrected chi connectivity index (χ3v) is 11.1. The third kappa shape index (κ3) is 6.65. The number of benzene rings is 2. The molecule has 46 heavy (non-hydrogen) atoms. The van der Waals surface area contributed by atoms with Gasteiger partial charge in [0.05, 0.1) is 30.4 Å². The van der Waals surface area contributed by atoms with Crippen LogP contribution in [0.25, 0.3) is 10.9 Å². The lowest BCUT2D eigenvalue weighted by molar-refractivity contribution is -0.108. The van der Waals surface area contributed by atoms with E-state index in [2.05, 4.69) is 59.9 Å². The Bertz CT molecular complexity index is 1630. The molecule has 3 saturated carbocycles. The van der Waals surface area contributed by atoms with Gasteiger partial charge in [0.2, 0.25) is 0 Å². The monoisotopic (exact) mass is 631 g/mol. The van der Waals surface area contributed by atoms with Crippen LogP contribution in [-0.2, 0) is 13.0 Å². The number of hydrogen-bond acceptors (Lipinski definition) is 6. The van der Waals surface area contributed by atoms with Gasteiger partial charge in [-0.1, -0.05) is 26.8 Å². The number of halogens is 1. The van der Waals surface area contributed by atoms with E-state index < -0.39 is 0 Å². The van der Waals surface area contributed by atoms with E-state index in [1.54, 1.807) is 23.0 Å². The number of anilines is 1. The Kier molecular flexibility index (Phi) is 9.39. The zero-order valence-electron chi connectivity index (χ0n) is 28.3. The molecule has 4 fully saturated rings. The molecule has 0 amide bonds. The van der Waals surface area contributed by atoms with Crippen molar-refractivity contribution in [2.24, 2.45) is 28.2 Å². The van der Waals surface area contributed by atoms with Gasteiger partial charge >= 0.3 is 0 Å². The van der Waals surface area contributed by atoms with E-state index in [-0.39, 0.29) is 11.4 Å². The van der Waals surface area contributed by atoms with Gasteiger partial charge < -0.3 is 19.9 Å². The highest BCUT2D eigenvalue weighted by molar-refractivity contribution is 5.96. The van der Waals surface area contributed by atoms with Crippen LogP contribution in [-0.4, -0.2) is 96.7 Å². The van der Waals surface area contributed by atoms with Gasteiger partial charge in [0.15, 0.2) is 5.96 Å². The number of hydrogen-bond donors (Lipinski definition) is 1. The second kappa shape index (κ2) is 13.3. The van der Waals surface area contributed by atoms with Crippen LogP contribution in [0.2, 0.25) is 0 Å². The summed E-state index contributed by atoms with van der Waals surface area (Å²) >= 11 is 0. The molecule has 0 spiro atoms. The molecule has 3 aliphatic carbocycles. The van der Waals surface area contributed by atoms with Crippen molar-refractivity contribution in [3.05, 3.63) is 64.5 Å². The Balaban J connectivity index is 1.20. The van der Waals surface area contributed by atoms with Crippen molar-refractivity contribution >= 4 is 22.5 Å². The molecule has 1 N–H and O–H groups in total. The SMILES string of the molecule is COc1ccc(CCn2cnc3cc(NC(=NC4CC5CC(C4C)C5(C)C)N4CCN(CCN(C)C)CC4)ccc3c2=O)c(F)c1. The molecule has 0 radical (unpaired) electrons. The maximum atomic E-state index is 14.5. The van der Waals surface area contributed by atoms with Crippen molar-refractivity contribution in [3.63, 3.8) is 0 Å². The summed E-state index contributed by atoms with van der Waals surface area (Å²) < 4.78 is 21.1. The van der Waals surface area contributed by atoms with Crippen LogP contribution in [0.3, 0.4) is 0 Å². The van der Waals surface area contributed by atoms with E-state index in [1.165, 1.54) is 19.6 Å². The van der Waals surface area contributed by atoms with Gasteiger partial charge in [0.1, 0.15) is 11.6 Å². The molecule has 1 saturated heterocycles. The van der Waals surface area contributed by atoms with Crippen LogP contribution in [0.5, 0.6) is 5.75 Å². The zero-order chi connectivity index (χ0) is 32.6. The molecule has 1 aliphatic heterocycles. The van der Waals surface area contributed by atoms with Crippen LogP contribution in [0.4, 0.5) is 10.1 Å². The standard InChI is InChI=1S/C36H50FN7O2/c1-24-30-19-26(36(30,2)3)20-32(24)40-35(43-17-15-42(16-18-43)14-13-41(4)5)39-27-8-10-29-33(21-27)38-23-44(34(29)45)12-11-25-7-9-28(46-6)22-31(25)37/h7-10,21-24,26,30,32H,11-20H2,1-6H3,(H,39,40). The number of likely N-dealkylation sites (N-methyl/N-ethyl adjacent to an activating group) is 1. The van der Waals surface area contributed by atoms with Crippen LogP contribution < -0.4 is 15.6 Å². The first-order valence-corrected chi connectivity index (χ1v) is 16.8. The minimum absolute atomic E-state index is 0.133. The lowest BCUT2D eigenvalue weighted by Gasteiger charge is -2.61. The second-order valence-electron chi connectivity index (χ2n) is 14.4. The number of aromatic nitrogens is 2. The molecule has 4 atom stereocenters. The molecule has 4 unspecified atom stereocenters.